The number of amides is 4. The van der Waals surface area contributed by atoms with Gasteiger partial charge in [-0.15, -0.1) is 11.3 Å². The van der Waals surface area contributed by atoms with Crippen LogP contribution < -0.4 is 26.4 Å². The number of hydrogen-bond donors (Lipinski definition) is 4. The van der Waals surface area contributed by atoms with Crippen molar-refractivity contribution in [2.75, 3.05) is 42.9 Å². The number of carbonyl (C=O) groups excluding carboxylic acids is 5. The Morgan fingerprint density at radius 2 is 1.64 bits per heavy atom. The van der Waals surface area contributed by atoms with Gasteiger partial charge in [0.2, 0.25) is 29.6 Å². The molecule has 18 nitrogen and oxygen atoms in total. The van der Waals surface area contributed by atoms with E-state index in [1.54, 1.807) is 40.1 Å². The molecule has 0 spiro atoms. The van der Waals surface area contributed by atoms with Gasteiger partial charge in [-0.1, -0.05) is 57.9 Å². The second kappa shape index (κ2) is 21.2. The van der Waals surface area contributed by atoms with Crippen LogP contribution >= 0.6 is 11.3 Å². The fourth-order valence-corrected chi connectivity index (χ4v) is 10.7. The van der Waals surface area contributed by atoms with Gasteiger partial charge in [0.25, 0.3) is 5.56 Å². The van der Waals surface area contributed by atoms with Crippen LogP contribution in [0.25, 0.3) is 21.5 Å². The number of piperazine rings is 1. The zero-order chi connectivity index (χ0) is 49.9. The van der Waals surface area contributed by atoms with Gasteiger partial charge in [-0.25, -0.2) is 15.0 Å². The Labute approximate surface area is 411 Å². The summed E-state index contributed by atoms with van der Waals surface area (Å²) >= 11 is 1.57. The van der Waals surface area contributed by atoms with Crippen LogP contribution in [0, 0.1) is 19.3 Å². The number of benzene rings is 1. The molecule has 0 radical (unpaired) electrons. The number of rotatable bonds is 15. The molecular weight excluding hydrogens is 911 g/mol. The predicted octanol–water partition coefficient (Wildman–Crippen LogP) is 5.62. The van der Waals surface area contributed by atoms with Gasteiger partial charge >= 0.3 is 0 Å². The van der Waals surface area contributed by atoms with E-state index in [-0.39, 0.29) is 79.0 Å². The number of pyridine rings is 2. The van der Waals surface area contributed by atoms with Gasteiger partial charge in [-0.05, 0) is 74.3 Å². The summed E-state index contributed by atoms with van der Waals surface area (Å²) in [5.41, 5.74) is 5.83. The highest BCUT2D eigenvalue weighted by atomic mass is 32.1. The summed E-state index contributed by atoms with van der Waals surface area (Å²) in [7, 11) is 0. The lowest BCUT2D eigenvalue weighted by Gasteiger charge is -2.36. The fourth-order valence-electron chi connectivity index (χ4n) is 9.86. The molecule has 5 aromatic rings. The fraction of sp³-hybridized carbons (Fsp3) is 0.490. The second-order valence-corrected chi connectivity index (χ2v) is 20.6. The first-order chi connectivity index (χ1) is 33.5. The van der Waals surface area contributed by atoms with E-state index < -0.39 is 29.5 Å². The van der Waals surface area contributed by atoms with E-state index in [4.69, 9.17) is 4.98 Å². The summed E-state index contributed by atoms with van der Waals surface area (Å²) in [6.07, 6.45) is 6.83. The molecule has 4 amide bonds. The molecule has 1 unspecified atom stereocenters. The Hall–Kier alpha value is -6.60. The Kier molecular flexibility index (Phi) is 15.1. The molecule has 1 aliphatic carbocycles. The smallest absolute Gasteiger partial charge is 0.263 e. The molecule has 3 fully saturated rings. The molecule has 1 aromatic carbocycles. The van der Waals surface area contributed by atoms with Crippen LogP contribution in [0.5, 0.6) is 0 Å². The molecule has 3 atom stereocenters. The van der Waals surface area contributed by atoms with Crippen LogP contribution in [0.2, 0.25) is 0 Å². The summed E-state index contributed by atoms with van der Waals surface area (Å²) in [5, 5.41) is 20.3. The van der Waals surface area contributed by atoms with Crippen LogP contribution in [-0.2, 0) is 25.7 Å². The van der Waals surface area contributed by atoms with Crippen molar-refractivity contribution in [3.05, 3.63) is 87.0 Å². The van der Waals surface area contributed by atoms with Gasteiger partial charge in [0, 0.05) is 76.2 Å². The van der Waals surface area contributed by atoms with Gasteiger partial charge in [-0.3, -0.25) is 33.3 Å². The number of aliphatic hydroxyl groups excluding tert-OH is 1. The molecule has 2 aliphatic heterocycles. The summed E-state index contributed by atoms with van der Waals surface area (Å²) in [4.78, 5) is 105. The van der Waals surface area contributed by atoms with Crippen molar-refractivity contribution in [2.45, 2.75) is 124 Å². The van der Waals surface area contributed by atoms with Crippen molar-refractivity contribution >= 4 is 69.2 Å². The Bertz CT molecular complexity index is 2810. The number of anilines is 3. The Morgan fingerprint density at radius 3 is 2.29 bits per heavy atom. The topological polar surface area (TPSA) is 225 Å². The lowest BCUT2D eigenvalue weighted by molar-refractivity contribution is -0.144. The van der Waals surface area contributed by atoms with E-state index in [1.807, 2.05) is 69.6 Å². The molecule has 19 heteroatoms. The zero-order valence-corrected chi connectivity index (χ0v) is 41.6. The monoisotopic (exact) mass is 973 g/mol. The summed E-state index contributed by atoms with van der Waals surface area (Å²) < 4.78 is 1.68. The summed E-state index contributed by atoms with van der Waals surface area (Å²) in [6.45, 7) is 13.1. The molecule has 2 saturated heterocycles. The maximum Gasteiger partial charge on any atom is 0.263 e. The van der Waals surface area contributed by atoms with Gasteiger partial charge in [0.05, 0.1) is 39.6 Å². The van der Waals surface area contributed by atoms with E-state index in [0.29, 0.717) is 55.0 Å². The molecule has 4 aromatic heterocycles. The van der Waals surface area contributed by atoms with Crippen LogP contribution in [0.3, 0.4) is 0 Å². The summed E-state index contributed by atoms with van der Waals surface area (Å²) in [5.74, 6) is -0.709. The van der Waals surface area contributed by atoms with Crippen LogP contribution in [0.1, 0.15) is 112 Å². The first-order valence-electron chi connectivity index (χ1n) is 24.2. The molecule has 1 saturated carbocycles. The normalized spacial score (nSPS) is 18.0. The zero-order valence-electron chi connectivity index (χ0n) is 40.8. The van der Waals surface area contributed by atoms with Gasteiger partial charge < -0.3 is 35.8 Å². The second-order valence-electron chi connectivity index (χ2n) is 19.8. The van der Waals surface area contributed by atoms with Crippen molar-refractivity contribution in [2.24, 2.45) is 5.41 Å². The Morgan fingerprint density at radius 1 is 0.914 bits per heavy atom. The molecule has 3 aliphatic rings. The first kappa shape index (κ1) is 49.8. The first-order valence-corrected chi connectivity index (χ1v) is 25.1. The summed E-state index contributed by atoms with van der Waals surface area (Å²) in [6, 6.07) is 9.73. The highest BCUT2D eigenvalue weighted by molar-refractivity contribution is 7.13. The highest BCUT2D eigenvalue weighted by Gasteiger charge is 2.44. The number of ketones is 1. The molecule has 370 valence electrons. The van der Waals surface area contributed by atoms with E-state index in [2.05, 4.69) is 35.8 Å². The van der Waals surface area contributed by atoms with Crippen LogP contribution in [0.4, 0.5) is 17.5 Å². The molecule has 8 rings (SSSR count). The van der Waals surface area contributed by atoms with Crippen LogP contribution in [0.15, 0.2) is 59.1 Å². The molecule has 6 heterocycles. The third-order valence-corrected chi connectivity index (χ3v) is 14.7. The van der Waals surface area contributed by atoms with Gasteiger partial charge in [0.15, 0.2) is 5.78 Å². The number of hydrogen-bond acceptors (Lipinski definition) is 14. The third-order valence-electron chi connectivity index (χ3n) is 13.7. The number of aliphatic hydroxyl groups is 1. The third kappa shape index (κ3) is 11.0. The molecule has 70 heavy (non-hydrogen) atoms. The average molecular weight is 974 g/mol. The predicted molar refractivity (Wildman–Crippen MR) is 268 cm³/mol. The number of aryl methyl sites for hydroxylation is 2. The van der Waals surface area contributed by atoms with Crippen molar-refractivity contribution in [1.82, 2.24) is 44.9 Å². The standard InChI is InChI=1S/C51H63N11O7S/c1-30-38-27-54-50(58-46(38)62(35-10-7-8-11-35)48(68)43(30)32(3)63)56-40-19-18-36(26-52-40)59-20-22-60(23-21-59)42(66)13-9-12-41(65)57-45(51(4,5)6)49(69)61-28-37(64)24-39(61)47(67)53-25-33-14-16-34(17-15-33)44-31(2)55-29-70-44/h14-19,26-27,29,35,37,39,45,64H,7-13,20-25,28H2,1-6H3,(H,53,67)(H,57,65)(H,52,54,56,58)/t37-,39+,45?/m1/s1. The van der Waals surface area contributed by atoms with Gasteiger partial charge in [0.1, 0.15) is 23.5 Å². The van der Waals surface area contributed by atoms with Gasteiger partial charge in [-0.2, -0.15) is 4.98 Å². The lowest BCUT2D eigenvalue weighted by atomic mass is 9.85. The van der Waals surface area contributed by atoms with E-state index in [0.717, 1.165) is 53.1 Å². The van der Waals surface area contributed by atoms with E-state index >= 15 is 0 Å². The van der Waals surface area contributed by atoms with Crippen molar-refractivity contribution in [1.29, 1.82) is 0 Å². The quantitative estimate of drug-likeness (QED) is 0.0937. The number of nitrogens with zero attached hydrogens (tertiary/aromatic N) is 8. The Balaban J connectivity index is 0.797. The number of Topliss-reactive ketones (excluding diaryl/α,β-unsaturated/α-hetero) is 1. The number of likely N-dealkylation sites (tertiary alicyclic amines) is 1. The highest BCUT2D eigenvalue weighted by Crippen LogP contribution is 2.33. The maximum absolute atomic E-state index is 14.1. The number of β-amino-alcohol motifs (C(OH)–C–C–N with tert-alkyl or cyclic N) is 1. The van der Waals surface area contributed by atoms with E-state index in [9.17, 15) is 33.9 Å². The largest absolute Gasteiger partial charge is 0.391 e. The maximum atomic E-state index is 14.1. The minimum atomic E-state index is -0.965. The SMILES string of the molecule is CC(=O)c1c(C)c2cnc(Nc3ccc(N4CCN(C(=O)CCCC(=O)NC(C(=O)N5C[C@H](O)C[C@H]5C(=O)NCc5ccc(-c6scnc6C)cc5)C(C)(C)C)CC4)cn3)nc2n(C2CCCC2)c1=O. The lowest BCUT2D eigenvalue weighted by Crippen LogP contribution is -2.57. The minimum Gasteiger partial charge on any atom is -0.391 e. The van der Waals surface area contributed by atoms with Crippen molar-refractivity contribution in [3.8, 4) is 10.4 Å². The molecule has 0 bridgehead atoms. The number of thiazole rings is 1. The number of nitrogens with one attached hydrogen (secondary N) is 3. The minimum absolute atomic E-state index is 0.0255. The average Bonchev–Trinajstić information content (AvgIpc) is 4.12. The van der Waals surface area contributed by atoms with Crippen LogP contribution in [-0.4, -0.2) is 120 Å². The molecular formula is C51H63N11O7S. The number of fused-ring (bicyclic) bond motifs is 1. The van der Waals surface area contributed by atoms with Crippen molar-refractivity contribution in [3.63, 3.8) is 0 Å². The number of aromatic nitrogens is 5. The molecule has 4 N–H and O–H groups in total. The van der Waals surface area contributed by atoms with Crippen molar-refractivity contribution < 1.29 is 29.1 Å². The number of carbonyl (C=O) groups is 5. The van der Waals surface area contributed by atoms with E-state index in [1.165, 1.54) is 11.8 Å².